The van der Waals surface area contributed by atoms with Crippen molar-refractivity contribution in [1.82, 2.24) is 4.90 Å². The van der Waals surface area contributed by atoms with Crippen molar-refractivity contribution in [3.63, 3.8) is 0 Å². The number of carbonyl (C=O) groups excluding carboxylic acids is 6. The van der Waals surface area contributed by atoms with E-state index in [2.05, 4.69) is 0 Å². The predicted molar refractivity (Wildman–Crippen MR) is 126 cm³/mol. The summed E-state index contributed by atoms with van der Waals surface area (Å²) in [6.45, 7) is 3.15. The first-order valence-electron chi connectivity index (χ1n) is 11.9. The number of nitrogens with two attached hydrogens (primary N) is 2. The average molecular weight is 516 g/mol. The minimum atomic E-state index is -3.05. The number of nitrogens with zero attached hydrogens (tertiary/aromatic N) is 1. The number of carbonyl (C=O) groups is 6. The minimum absolute atomic E-state index is 0.109. The number of likely N-dealkylation sites (N-methyl/N-ethyl adjacent to an activating group) is 1. The number of aromatic hydroxyl groups is 1. The van der Waals surface area contributed by atoms with Gasteiger partial charge in [0.2, 0.25) is 5.91 Å². The van der Waals surface area contributed by atoms with Crippen molar-refractivity contribution in [1.29, 1.82) is 0 Å². The number of amides is 1. The molecule has 4 rings (SSSR count). The molecule has 2 saturated carbocycles. The van der Waals surface area contributed by atoms with E-state index in [-0.39, 0.29) is 17.7 Å². The number of hydrogen-bond acceptors (Lipinski definition) is 11. The molecule has 0 spiro atoms. The molecule has 8 atom stereocenters. The number of Topliss-reactive ketones (excluding diaryl/α,β-unsaturated/α-hetero) is 4. The van der Waals surface area contributed by atoms with Crippen molar-refractivity contribution in [2.24, 2.45) is 29.4 Å². The number of benzene rings is 1. The lowest BCUT2D eigenvalue weighted by atomic mass is 9.49. The van der Waals surface area contributed by atoms with Gasteiger partial charge in [0, 0.05) is 12.3 Å². The molecule has 0 aliphatic heterocycles. The molecule has 0 radical (unpaired) electrons. The molecule has 12 nitrogen and oxygen atoms in total. The second kappa shape index (κ2) is 8.73. The number of primary amides is 1. The SMILES string of the molecule is CCC(=O)OC1C2C(C(=O)c3c(ccc(N)c3O)C2C)C(=O)C2(O)C(=O)C(C(N)=O)C(=O)C(N(C)C)C12. The number of aliphatic hydroxyl groups is 1. The molecular formula is C25H29N3O9. The van der Waals surface area contributed by atoms with Crippen molar-refractivity contribution >= 4 is 40.7 Å². The highest BCUT2D eigenvalue weighted by molar-refractivity contribution is 6.32. The largest absolute Gasteiger partial charge is 0.505 e. The molecule has 3 aliphatic carbocycles. The van der Waals surface area contributed by atoms with E-state index in [4.69, 9.17) is 16.2 Å². The van der Waals surface area contributed by atoms with Gasteiger partial charge in [0.05, 0.1) is 29.1 Å². The van der Waals surface area contributed by atoms with Gasteiger partial charge in [0.25, 0.3) is 0 Å². The Hall–Kier alpha value is -3.64. The van der Waals surface area contributed by atoms with Crippen LogP contribution >= 0.6 is 0 Å². The van der Waals surface area contributed by atoms with E-state index < -0.39 is 88.1 Å². The summed E-state index contributed by atoms with van der Waals surface area (Å²) in [6, 6.07) is 1.47. The second-order valence-corrected chi connectivity index (χ2v) is 10.2. The summed E-state index contributed by atoms with van der Waals surface area (Å²) in [4.78, 5) is 80.7. The van der Waals surface area contributed by atoms with Crippen LogP contribution in [0.1, 0.15) is 42.1 Å². The molecule has 0 saturated heterocycles. The number of nitrogen functional groups attached to an aromatic ring is 1. The van der Waals surface area contributed by atoms with E-state index in [1.54, 1.807) is 6.92 Å². The normalized spacial score (nSPS) is 35.0. The number of ketones is 4. The molecule has 37 heavy (non-hydrogen) atoms. The molecule has 1 amide bonds. The van der Waals surface area contributed by atoms with E-state index in [9.17, 15) is 39.0 Å². The molecule has 8 unspecified atom stereocenters. The third-order valence-corrected chi connectivity index (χ3v) is 8.05. The van der Waals surface area contributed by atoms with E-state index >= 15 is 0 Å². The maximum absolute atomic E-state index is 14.0. The predicted octanol–water partition coefficient (Wildman–Crippen LogP) is -1.06. The molecule has 0 bridgehead atoms. The molecular weight excluding hydrogens is 486 g/mol. The van der Waals surface area contributed by atoms with E-state index in [0.717, 1.165) is 0 Å². The van der Waals surface area contributed by atoms with Gasteiger partial charge in [-0.05, 0) is 31.6 Å². The Labute approximate surface area is 211 Å². The third-order valence-electron chi connectivity index (χ3n) is 8.05. The Morgan fingerprint density at radius 1 is 1.14 bits per heavy atom. The van der Waals surface area contributed by atoms with Crippen molar-refractivity contribution < 1.29 is 43.7 Å². The number of hydrogen-bond donors (Lipinski definition) is 4. The maximum Gasteiger partial charge on any atom is 0.305 e. The van der Waals surface area contributed by atoms with Crippen LogP contribution in [0.3, 0.4) is 0 Å². The summed E-state index contributed by atoms with van der Waals surface area (Å²) in [5.41, 5.74) is 8.04. The summed E-state index contributed by atoms with van der Waals surface area (Å²) in [5, 5.41) is 22.4. The number of rotatable bonds is 4. The fraction of sp³-hybridized carbons (Fsp3) is 0.520. The number of esters is 1. The van der Waals surface area contributed by atoms with Crippen LogP contribution in [0.15, 0.2) is 12.1 Å². The molecule has 3 aliphatic rings. The molecule has 1 aromatic rings. The Morgan fingerprint density at radius 3 is 2.30 bits per heavy atom. The van der Waals surface area contributed by atoms with E-state index in [1.807, 2.05) is 0 Å². The van der Waals surface area contributed by atoms with Gasteiger partial charge in [0.15, 0.2) is 34.7 Å². The zero-order valence-corrected chi connectivity index (χ0v) is 20.8. The van der Waals surface area contributed by atoms with Crippen molar-refractivity contribution in [3.8, 4) is 5.75 Å². The van der Waals surface area contributed by atoms with Crippen LogP contribution in [0.4, 0.5) is 5.69 Å². The number of phenols is 1. The smallest absolute Gasteiger partial charge is 0.305 e. The lowest BCUT2D eigenvalue weighted by Crippen LogP contribution is -2.78. The van der Waals surface area contributed by atoms with Gasteiger partial charge >= 0.3 is 5.97 Å². The lowest BCUT2D eigenvalue weighted by Gasteiger charge is -2.56. The summed E-state index contributed by atoms with van der Waals surface area (Å²) in [5.74, 6) is -14.5. The summed E-state index contributed by atoms with van der Waals surface area (Å²) < 4.78 is 5.72. The molecule has 1 aromatic carbocycles. The molecule has 12 heteroatoms. The monoisotopic (exact) mass is 515 g/mol. The third kappa shape index (κ3) is 3.42. The Kier molecular flexibility index (Phi) is 6.24. The first-order chi connectivity index (χ1) is 17.2. The second-order valence-electron chi connectivity index (χ2n) is 10.2. The molecule has 2 fully saturated rings. The minimum Gasteiger partial charge on any atom is -0.505 e. The van der Waals surface area contributed by atoms with Gasteiger partial charge in [-0.2, -0.15) is 0 Å². The lowest BCUT2D eigenvalue weighted by molar-refractivity contribution is -0.205. The van der Waals surface area contributed by atoms with Gasteiger partial charge in [0.1, 0.15) is 11.9 Å². The first-order valence-corrected chi connectivity index (χ1v) is 11.9. The number of phenolic OH excluding ortho intramolecular Hbond substituents is 1. The van der Waals surface area contributed by atoms with Gasteiger partial charge in [-0.15, -0.1) is 0 Å². The number of fused-ring (bicyclic) bond motifs is 3. The molecule has 0 heterocycles. The standard InChI is InChI=1S/C25H29N3O9/c1-5-11(29)37-21-12-8(2)9-6-7-10(26)18(30)13(9)19(31)14(12)22(33)25(36)16(21)17(28(3)4)20(32)15(23(25)34)24(27)35/h6-8,12,14-17,21,30,36H,5,26H2,1-4H3,(H2,27,35). The summed E-state index contributed by atoms with van der Waals surface area (Å²) >= 11 is 0. The highest BCUT2D eigenvalue weighted by atomic mass is 16.5. The van der Waals surface area contributed by atoms with Crippen LogP contribution in [-0.2, 0) is 28.7 Å². The Bertz CT molecular complexity index is 1260. The van der Waals surface area contributed by atoms with Crippen LogP contribution in [-0.4, -0.2) is 82.0 Å². The van der Waals surface area contributed by atoms with Gasteiger partial charge in [-0.3, -0.25) is 33.7 Å². The van der Waals surface area contributed by atoms with Crippen LogP contribution in [0.2, 0.25) is 0 Å². The number of anilines is 1. The molecule has 6 N–H and O–H groups in total. The van der Waals surface area contributed by atoms with Gasteiger partial charge in [-0.1, -0.05) is 19.9 Å². The fourth-order valence-corrected chi connectivity index (χ4v) is 6.36. The fourth-order valence-electron chi connectivity index (χ4n) is 6.36. The van der Waals surface area contributed by atoms with E-state index in [0.29, 0.717) is 5.56 Å². The van der Waals surface area contributed by atoms with Crippen molar-refractivity contribution in [3.05, 3.63) is 23.3 Å². The Morgan fingerprint density at radius 2 is 1.76 bits per heavy atom. The summed E-state index contributed by atoms with van der Waals surface area (Å²) in [6.07, 6.45) is -1.57. The van der Waals surface area contributed by atoms with Crippen molar-refractivity contribution in [2.75, 3.05) is 19.8 Å². The quantitative estimate of drug-likeness (QED) is 0.164. The highest BCUT2D eigenvalue weighted by Crippen LogP contribution is 2.55. The first kappa shape index (κ1) is 26.4. The van der Waals surface area contributed by atoms with E-state index in [1.165, 1.54) is 38.1 Å². The van der Waals surface area contributed by atoms with Gasteiger partial charge in [-0.25, -0.2) is 0 Å². The molecule has 0 aromatic heterocycles. The molecule has 198 valence electrons. The zero-order valence-electron chi connectivity index (χ0n) is 20.8. The van der Waals surface area contributed by atoms with Crippen LogP contribution in [0.5, 0.6) is 5.75 Å². The highest BCUT2D eigenvalue weighted by Gasteiger charge is 2.74. The topological polar surface area (TPSA) is 207 Å². The number of ether oxygens (including phenoxy) is 1. The van der Waals surface area contributed by atoms with Crippen LogP contribution in [0.25, 0.3) is 0 Å². The van der Waals surface area contributed by atoms with Crippen LogP contribution in [0, 0.1) is 23.7 Å². The maximum atomic E-state index is 14.0. The average Bonchev–Trinajstić information content (AvgIpc) is 2.82. The zero-order chi connectivity index (χ0) is 27.7. The van der Waals surface area contributed by atoms with Crippen LogP contribution < -0.4 is 11.5 Å². The Balaban J connectivity index is 2.04. The van der Waals surface area contributed by atoms with Crippen molar-refractivity contribution in [2.45, 2.75) is 43.9 Å². The van der Waals surface area contributed by atoms with Gasteiger partial charge < -0.3 is 26.4 Å². The summed E-state index contributed by atoms with van der Waals surface area (Å²) in [7, 11) is 2.88.